The predicted molar refractivity (Wildman–Crippen MR) is 68.2 cm³/mol. The summed E-state index contributed by atoms with van der Waals surface area (Å²) in [6.45, 7) is 0.353. The number of hydrogen-bond donors (Lipinski definition) is 0. The van der Waals surface area contributed by atoms with Gasteiger partial charge in [-0.1, -0.05) is 47.8 Å². The van der Waals surface area contributed by atoms with E-state index in [1.165, 1.54) is 0 Å². The van der Waals surface area contributed by atoms with Gasteiger partial charge in [0.15, 0.2) is 0 Å². The first-order chi connectivity index (χ1) is 6.64. The highest BCUT2D eigenvalue weighted by atomic mass is 79.9. The van der Waals surface area contributed by atoms with Crippen LogP contribution in [-0.4, -0.2) is 28.6 Å². The Morgan fingerprint density at radius 2 is 1.79 bits per heavy atom. The van der Waals surface area contributed by atoms with E-state index < -0.39 is 5.97 Å². The molecule has 0 unspecified atom stereocenters. The smallest absolute Gasteiger partial charge is 0.384 e. The summed E-state index contributed by atoms with van der Waals surface area (Å²) in [4.78, 5) is 10.7. The second-order valence-electron chi connectivity index (χ2n) is 2.93. The van der Waals surface area contributed by atoms with Gasteiger partial charge in [0.2, 0.25) is 0 Å². The largest absolute Gasteiger partial charge is 0.456 e. The van der Waals surface area contributed by atoms with E-state index in [9.17, 15) is 4.79 Å². The third kappa shape index (κ3) is 4.81. The van der Waals surface area contributed by atoms with Crippen LogP contribution in [0.1, 0.15) is 6.42 Å². The molecule has 0 atom stereocenters. The Hall–Kier alpha value is 0.470. The highest BCUT2D eigenvalue weighted by Gasteiger charge is 2.26. The number of ether oxygens (including phenoxy) is 1. The standard InChI is InChI=1S/C9H11Br3O2/c1-2-8(13)14-4-3-9(5-10,6-11)7-12/h1H,3-7H2. The fraction of sp³-hybridized carbons (Fsp3) is 0.667. The summed E-state index contributed by atoms with van der Waals surface area (Å²) >= 11 is 10.3. The molecular weight excluding hydrogens is 380 g/mol. The van der Waals surface area contributed by atoms with Gasteiger partial charge in [-0.25, -0.2) is 4.79 Å². The monoisotopic (exact) mass is 388 g/mol. The maximum absolute atomic E-state index is 10.7. The Labute approximate surface area is 110 Å². The summed E-state index contributed by atoms with van der Waals surface area (Å²) in [5.74, 6) is 1.31. The SMILES string of the molecule is C#CC(=O)OCCC(CBr)(CBr)CBr. The molecule has 0 rings (SSSR count). The van der Waals surface area contributed by atoms with E-state index in [0.717, 1.165) is 22.4 Å². The number of rotatable bonds is 6. The van der Waals surface area contributed by atoms with Crippen molar-refractivity contribution < 1.29 is 9.53 Å². The molecule has 0 saturated carbocycles. The molecule has 0 spiro atoms. The molecule has 5 heteroatoms. The van der Waals surface area contributed by atoms with Crippen LogP contribution < -0.4 is 0 Å². The second-order valence-corrected chi connectivity index (χ2v) is 4.61. The molecule has 0 radical (unpaired) electrons. The molecule has 2 nitrogen and oxygen atoms in total. The molecule has 0 saturated heterocycles. The molecule has 0 aromatic carbocycles. The van der Waals surface area contributed by atoms with Crippen molar-refractivity contribution in [1.29, 1.82) is 0 Å². The lowest BCUT2D eigenvalue weighted by molar-refractivity contribution is -0.137. The topological polar surface area (TPSA) is 26.3 Å². The van der Waals surface area contributed by atoms with Crippen molar-refractivity contribution in [2.45, 2.75) is 6.42 Å². The first kappa shape index (κ1) is 14.5. The maximum atomic E-state index is 10.7. The van der Waals surface area contributed by atoms with Crippen LogP contribution in [0.4, 0.5) is 0 Å². The molecule has 0 N–H and O–H groups in total. The molecule has 0 fully saturated rings. The lowest BCUT2D eigenvalue weighted by Gasteiger charge is -2.26. The van der Waals surface area contributed by atoms with Crippen molar-refractivity contribution in [3.05, 3.63) is 0 Å². The van der Waals surface area contributed by atoms with Crippen molar-refractivity contribution in [2.75, 3.05) is 22.6 Å². The number of halogens is 3. The molecule has 0 aromatic rings. The van der Waals surface area contributed by atoms with Crippen molar-refractivity contribution in [3.8, 4) is 12.3 Å². The Morgan fingerprint density at radius 3 is 2.14 bits per heavy atom. The van der Waals surface area contributed by atoms with Gasteiger partial charge in [-0.15, -0.1) is 6.42 Å². The Bertz CT molecular complexity index is 210. The minimum Gasteiger partial charge on any atom is -0.456 e. The minimum absolute atomic E-state index is 0.0644. The molecular formula is C9H11Br3O2. The van der Waals surface area contributed by atoms with E-state index in [4.69, 9.17) is 11.2 Å². The Kier molecular flexibility index (Phi) is 7.98. The average Bonchev–Trinajstić information content (AvgIpc) is 2.25. The van der Waals surface area contributed by atoms with E-state index in [1.807, 2.05) is 5.92 Å². The van der Waals surface area contributed by atoms with Crippen molar-refractivity contribution in [3.63, 3.8) is 0 Å². The van der Waals surface area contributed by atoms with Gasteiger partial charge < -0.3 is 4.74 Å². The van der Waals surface area contributed by atoms with E-state index in [0.29, 0.717) is 6.61 Å². The van der Waals surface area contributed by atoms with Crippen LogP contribution in [0.15, 0.2) is 0 Å². The summed E-state index contributed by atoms with van der Waals surface area (Å²) in [6.07, 6.45) is 5.63. The number of esters is 1. The van der Waals surface area contributed by atoms with Gasteiger partial charge >= 0.3 is 5.97 Å². The number of hydrogen-bond acceptors (Lipinski definition) is 2. The molecule has 0 heterocycles. The summed E-state index contributed by atoms with van der Waals surface area (Å²) < 4.78 is 4.81. The maximum Gasteiger partial charge on any atom is 0.384 e. The first-order valence-corrected chi connectivity index (χ1v) is 7.32. The van der Waals surface area contributed by atoms with E-state index in [2.05, 4.69) is 47.8 Å². The first-order valence-electron chi connectivity index (χ1n) is 3.95. The normalized spacial score (nSPS) is 10.7. The third-order valence-corrected chi connectivity index (χ3v) is 5.40. The quantitative estimate of drug-likeness (QED) is 0.302. The van der Waals surface area contributed by atoms with Crippen LogP contribution in [0.2, 0.25) is 0 Å². The Balaban J connectivity index is 3.96. The minimum atomic E-state index is -0.599. The van der Waals surface area contributed by atoms with Crippen LogP contribution in [0.3, 0.4) is 0 Å². The van der Waals surface area contributed by atoms with Crippen LogP contribution in [-0.2, 0) is 9.53 Å². The zero-order valence-corrected chi connectivity index (χ0v) is 12.3. The van der Waals surface area contributed by atoms with Gasteiger partial charge in [0.1, 0.15) is 0 Å². The van der Waals surface area contributed by atoms with Crippen molar-refractivity contribution in [1.82, 2.24) is 0 Å². The molecule has 0 aliphatic heterocycles. The highest BCUT2D eigenvalue weighted by molar-refractivity contribution is 9.10. The summed E-state index contributed by atoms with van der Waals surface area (Å²) in [5, 5.41) is 2.51. The van der Waals surface area contributed by atoms with Crippen LogP contribution in [0.5, 0.6) is 0 Å². The zero-order valence-electron chi connectivity index (χ0n) is 7.56. The zero-order chi connectivity index (χ0) is 11.0. The van der Waals surface area contributed by atoms with E-state index in [1.54, 1.807) is 0 Å². The molecule has 80 valence electrons. The van der Waals surface area contributed by atoms with Crippen molar-refractivity contribution in [2.24, 2.45) is 5.41 Å². The van der Waals surface area contributed by atoms with Gasteiger partial charge in [-0.3, -0.25) is 0 Å². The average molecular weight is 391 g/mol. The van der Waals surface area contributed by atoms with Crippen LogP contribution >= 0.6 is 47.8 Å². The summed E-state index contributed by atoms with van der Waals surface area (Å²) in [6, 6.07) is 0. The molecule has 14 heavy (non-hydrogen) atoms. The lowest BCUT2D eigenvalue weighted by Crippen LogP contribution is -2.28. The van der Waals surface area contributed by atoms with Gasteiger partial charge in [-0.05, 0) is 6.42 Å². The molecule has 0 aliphatic rings. The number of terminal acetylenes is 1. The fourth-order valence-electron chi connectivity index (χ4n) is 0.709. The Morgan fingerprint density at radius 1 is 1.29 bits per heavy atom. The predicted octanol–water partition coefficient (Wildman–Crippen LogP) is 2.72. The highest BCUT2D eigenvalue weighted by Crippen LogP contribution is 2.29. The molecule has 0 amide bonds. The van der Waals surface area contributed by atoms with E-state index in [-0.39, 0.29) is 5.41 Å². The third-order valence-electron chi connectivity index (χ3n) is 1.83. The van der Waals surface area contributed by atoms with Gasteiger partial charge in [0.25, 0.3) is 0 Å². The fourth-order valence-corrected chi connectivity index (χ4v) is 4.34. The van der Waals surface area contributed by atoms with Crippen LogP contribution in [0, 0.1) is 17.8 Å². The second kappa shape index (κ2) is 7.72. The van der Waals surface area contributed by atoms with Gasteiger partial charge in [0, 0.05) is 27.3 Å². The molecule has 0 aliphatic carbocycles. The number of alkyl halides is 3. The van der Waals surface area contributed by atoms with Crippen molar-refractivity contribution >= 4 is 53.8 Å². The van der Waals surface area contributed by atoms with Crippen LogP contribution in [0.25, 0.3) is 0 Å². The van der Waals surface area contributed by atoms with Gasteiger partial charge in [-0.2, -0.15) is 0 Å². The number of carbonyl (C=O) groups excluding carboxylic acids is 1. The number of carbonyl (C=O) groups is 1. The summed E-state index contributed by atoms with van der Waals surface area (Å²) in [5.41, 5.74) is 0.0644. The lowest BCUT2D eigenvalue weighted by atomic mass is 9.92. The van der Waals surface area contributed by atoms with E-state index >= 15 is 0 Å². The van der Waals surface area contributed by atoms with Gasteiger partial charge in [0.05, 0.1) is 6.61 Å². The molecule has 0 bridgehead atoms. The summed E-state index contributed by atoms with van der Waals surface area (Å²) in [7, 11) is 0. The molecule has 0 aromatic heterocycles.